The van der Waals surface area contributed by atoms with Crippen LogP contribution < -0.4 is 11.1 Å². The zero-order valence-electron chi connectivity index (χ0n) is 11.0. The minimum absolute atomic E-state index is 0.179. The summed E-state index contributed by atoms with van der Waals surface area (Å²) in [5.74, 6) is 1.06. The average molecular weight is 256 g/mol. The number of imidazole rings is 1. The molecule has 1 aliphatic rings. The fourth-order valence-electron chi connectivity index (χ4n) is 2.83. The van der Waals surface area contributed by atoms with E-state index in [1.54, 1.807) is 6.20 Å². The number of rotatable bonds is 5. The summed E-state index contributed by atoms with van der Waals surface area (Å²) in [6.45, 7) is 0.992. The fourth-order valence-corrected chi connectivity index (χ4v) is 2.83. The molecule has 2 aromatic rings. The summed E-state index contributed by atoms with van der Waals surface area (Å²) in [5.41, 5.74) is 8.83. The molecular formula is C15H20N4. The van der Waals surface area contributed by atoms with E-state index in [1.807, 2.05) is 6.20 Å². The fraction of sp³-hybridized carbons (Fsp3) is 0.400. The van der Waals surface area contributed by atoms with Crippen molar-refractivity contribution in [3.63, 3.8) is 0 Å². The van der Waals surface area contributed by atoms with Crippen molar-refractivity contribution in [2.24, 2.45) is 5.73 Å². The number of H-pyrrole nitrogens is 1. The maximum absolute atomic E-state index is 6.16. The van der Waals surface area contributed by atoms with Gasteiger partial charge in [0.2, 0.25) is 0 Å². The number of hydrogen-bond donors (Lipinski definition) is 3. The minimum atomic E-state index is 0.179. The van der Waals surface area contributed by atoms with Crippen molar-refractivity contribution in [2.75, 3.05) is 6.54 Å². The molecule has 1 aromatic heterocycles. The first-order valence-corrected chi connectivity index (χ1v) is 6.90. The van der Waals surface area contributed by atoms with Gasteiger partial charge in [-0.2, -0.15) is 0 Å². The topological polar surface area (TPSA) is 66.7 Å². The number of nitrogens with two attached hydrogens (primary N) is 1. The highest BCUT2D eigenvalue weighted by Crippen LogP contribution is 2.36. The first-order valence-electron chi connectivity index (χ1n) is 6.90. The predicted octanol–water partition coefficient (Wildman–Crippen LogP) is 2.08. The van der Waals surface area contributed by atoms with Gasteiger partial charge < -0.3 is 16.0 Å². The van der Waals surface area contributed by atoms with Crippen molar-refractivity contribution in [3.8, 4) is 0 Å². The predicted molar refractivity (Wildman–Crippen MR) is 75.6 cm³/mol. The minimum Gasteiger partial charge on any atom is -0.349 e. The third-order valence-electron chi connectivity index (χ3n) is 3.80. The molecule has 0 saturated carbocycles. The zero-order valence-corrected chi connectivity index (χ0v) is 11.0. The Bertz CT molecular complexity index is 521. The van der Waals surface area contributed by atoms with Gasteiger partial charge in [-0.3, -0.25) is 0 Å². The highest BCUT2D eigenvalue weighted by atomic mass is 14.9. The number of aromatic nitrogens is 2. The molecule has 2 atom stereocenters. The van der Waals surface area contributed by atoms with Crippen LogP contribution in [0.5, 0.6) is 0 Å². The highest BCUT2D eigenvalue weighted by Gasteiger charge is 2.27. The van der Waals surface area contributed by atoms with E-state index in [2.05, 4.69) is 39.6 Å². The van der Waals surface area contributed by atoms with Crippen LogP contribution in [-0.4, -0.2) is 16.5 Å². The number of aromatic amines is 1. The molecule has 19 heavy (non-hydrogen) atoms. The molecule has 1 heterocycles. The molecule has 0 spiro atoms. The standard InChI is InChI=1S/C15H20N4/c16-13-10-14(12-5-2-1-4-11(12)13)17-7-3-6-15-18-8-9-19-15/h1-2,4-5,8-9,13-14,17H,3,6-7,10,16H2,(H,18,19). The van der Waals surface area contributed by atoms with Gasteiger partial charge in [0.15, 0.2) is 0 Å². The second-order valence-electron chi connectivity index (χ2n) is 5.12. The molecule has 100 valence electrons. The summed E-state index contributed by atoms with van der Waals surface area (Å²) in [7, 11) is 0. The van der Waals surface area contributed by atoms with Crippen molar-refractivity contribution in [1.29, 1.82) is 0 Å². The Balaban J connectivity index is 1.51. The molecule has 0 amide bonds. The SMILES string of the molecule is NC1CC(NCCCc2ncc[nH]2)c2ccccc21. The Kier molecular flexibility index (Phi) is 3.62. The van der Waals surface area contributed by atoms with Gasteiger partial charge >= 0.3 is 0 Å². The summed E-state index contributed by atoms with van der Waals surface area (Å²) >= 11 is 0. The van der Waals surface area contributed by atoms with Gasteiger partial charge in [0.05, 0.1) is 0 Å². The van der Waals surface area contributed by atoms with Crippen LogP contribution in [0.1, 0.15) is 41.9 Å². The van der Waals surface area contributed by atoms with E-state index in [0.29, 0.717) is 6.04 Å². The Morgan fingerprint density at radius 2 is 2.16 bits per heavy atom. The summed E-state index contributed by atoms with van der Waals surface area (Å²) < 4.78 is 0. The van der Waals surface area contributed by atoms with Gasteiger partial charge in [0.25, 0.3) is 0 Å². The molecule has 1 aromatic carbocycles. The monoisotopic (exact) mass is 256 g/mol. The largest absolute Gasteiger partial charge is 0.349 e. The van der Waals surface area contributed by atoms with Crippen molar-refractivity contribution in [2.45, 2.75) is 31.3 Å². The van der Waals surface area contributed by atoms with E-state index < -0.39 is 0 Å². The highest BCUT2D eigenvalue weighted by molar-refractivity contribution is 5.37. The maximum atomic E-state index is 6.16. The molecule has 0 saturated heterocycles. The number of benzene rings is 1. The molecule has 0 radical (unpaired) electrons. The first kappa shape index (κ1) is 12.4. The molecule has 1 aliphatic carbocycles. The third kappa shape index (κ3) is 2.69. The van der Waals surface area contributed by atoms with Crippen LogP contribution >= 0.6 is 0 Å². The summed E-state index contributed by atoms with van der Waals surface area (Å²) in [4.78, 5) is 7.36. The summed E-state index contributed by atoms with van der Waals surface area (Å²) in [6.07, 6.45) is 6.74. The Morgan fingerprint density at radius 3 is 2.95 bits per heavy atom. The van der Waals surface area contributed by atoms with Crippen LogP contribution in [0.2, 0.25) is 0 Å². The second kappa shape index (κ2) is 5.55. The van der Waals surface area contributed by atoms with Gasteiger partial charge in [-0.15, -0.1) is 0 Å². The lowest BCUT2D eigenvalue weighted by Crippen LogP contribution is -2.21. The van der Waals surface area contributed by atoms with Crippen molar-refractivity contribution in [1.82, 2.24) is 15.3 Å². The number of aryl methyl sites for hydroxylation is 1. The van der Waals surface area contributed by atoms with E-state index in [0.717, 1.165) is 31.6 Å². The van der Waals surface area contributed by atoms with Gasteiger partial charge in [-0.25, -0.2) is 4.98 Å². The summed E-state index contributed by atoms with van der Waals surface area (Å²) in [5, 5.41) is 3.61. The molecule has 4 heteroatoms. The summed E-state index contributed by atoms with van der Waals surface area (Å²) in [6, 6.07) is 9.07. The second-order valence-corrected chi connectivity index (χ2v) is 5.12. The lowest BCUT2D eigenvalue weighted by atomic mass is 10.1. The lowest BCUT2D eigenvalue weighted by Gasteiger charge is -2.13. The van der Waals surface area contributed by atoms with Gasteiger partial charge in [0.1, 0.15) is 5.82 Å². The molecule has 0 fully saturated rings. The number of fused-ring (bicyclic) bond motifs is 1. The molecule has 4 N–H and O–H groups in total. The molecular weight excluding hydrogens is 236 g/mol. The smallest absolute Gasteiger partial charge is 0.106 e. The van der Waals surface area contributed by atoms with Crippen molar-refractivity contribution in [3.05, 3.63) is 53.6 Å². The Labute approximate surface area is 113 Å². The van der Waals surface area contributed by atoms with Crippen LogP contribution in [0.4, 0.5) is 0 Å². The quantitative estimate of drug-likeness (QED) is 0.717. The average Bonchev–Trinajstić information content (AvgIpc) is 3.04. The van der Waals surface area contributed by atoms with Crippen molar-refractivity contribution < 1.29 is 0 Å². The zero-order chi connectivity index (χ0) is 13.1. The molecule has 3 rings (SSSR count). The molecule has 2 unspecified atom stereocenters. The van der Waals surface area contributed by atoms with Crippen LogP contribution in [0.25, 0.3) is 0 Å². The van der Waals surface area contributed by atoms with Crippen LogP contribution in [0.15, 0.2) is 36.7 Å². The van der Waals surface area contributed by atoms with Crippen LogP contribution in [0.3, 0.4) is 0 Å². The number of nitrogens with one attached hydrogen (secondary N) is 2. The molecule has 0 bridgehead atoms. The van der Waals surface area contributed by atoms with E-state index in [1.165, 1.54) is 11.1 Å². The molecule has 4 nitrogen and oxygen atoms in total. The van der Waals surface area contributed by atoms with E-state index in [4.69, 9.17) is 5.73 Å². The first-order chi connectivity index (χ1) is 9.34. The number of hydrogen-bond acceptors (Lipinski definition) is 3. The lowest BCUT2D eigenvalue weighted by molar-refractivity contribution is 0.491. The normalized spacial score (nSPS) is 21.5. The van der Waals surface area contributed by atoms with Crippen molar-refractivity contribution >= 4 is 0 Å². The maximum Gasteiger partial charge on any atom is 0.106 e. The van der Waals surface area contributed by atoms with E-state index in [9.17, 15) is 0 Å². The van der Waals surface area contributed by atoms with E-state index >= 15 is 0 Å². The van der Waals surface area contributed by atoms with Gasteiger partial charge in [0, 0.05) is 30.9 Å². The van der Waals surface area contributed by atoms with Gasteiger partial charge in [-0.1, -0.05) is 24.3 Å². The number of nitrogens with zero attached hydrogens (tertiary/aromatic N) is 1. The van der Waals surface area contributed by atoms with Crippen LogP contribution in [-0.2, 0) is 6.42 Å². The Hall–Kier alpha value is -1.65. The molecule has 0 aliphatic heterocycles. The van der Waals surface area contributed by atoms with Crippen LogP contribution in [0, 0.1) is 0 Å². The third-order valence-corrected chi connectivity index (χ3v) is 3.80. The van der Waals surface area contributed by atoms with E-state index in [-0.39, 0.29) is 6.04 Å². The van der Waals surface area contributed by atoms with Gasteiger partial charge in [-0.05, 0) is 30.5 Å². The Morgan fingerprint density at radius 1 is 1.32 bits per heavy atom.